The number of esters is 1. The van der Waals surface area contributed by atoms with E-state index in [4.69, 9.17) is 4.74 Å². The van der Waals surface area contributed by atoms with Crippen LogP contribution in [0.3, 0.4) is 0 Å². The van der Waals surface area contributed by atoms with Crippen molar-refractivity contribution in [2.45, 2.75) is 98.3 Å². The molecule has 0 aromatic heterocycles. The predicted octanol–water partition coefficient (Wildman–Crippen LogP) is 6.80. The highest BCUT2D eigenvalue weighted by molar-refractivity contribution is 5.94. The highest BCUT2D eigenvalue weighted by Gasteiger charge is 2.65. The van der Waals surface area contributed by atoms with Gasteiger partial charge in [-0.3, -0.25) is 9.59 Å². The van der Waals surface area contributed by atoms with Gasteiger partial charge in [-0.05, 0) is 105 Å². The van der Waals surface area contributed by atoms with Crippen LogP contribution in [0.15, 0.2) is 53.6 Å². The molecule has 2 fully saturated rings. The zero-order chi connectivity index (χ0) is 29.0. The summed E-state index contributed by atoms with van der Waals surface area (Å²) in [6.45, 7) is 13.5. The third-order valence-electron chi connectivity index (χ3n) is 12.1. The van der Waals surface area contributed by atoms with Crippen molar-refractivity contribution in [3.8, 4) is 0 Å². The first-order valence-electron chi connectivity index (χ1n) is 15.4. The third-order valence-corrected chi connectivity index (χ3v) is 12.1. The van der Waals surface area contributed by atoms with Crippen molar-refractivity contribution in [2.24, 2.45) is 34.0 Å². The van der Waals surface area contributed by atoms with Gasteiger partial charge in [0.05, 0.1) is 0 Å². The van der Waals surface area contributed by atoms with Gasteiger partial charge in [0.1, 0.15) is 6.10 Å². The predicted molar refractivity (Wildman–Crippen MR) is 161 cm³/mol. The Labute approximate surface area is 241 Å². The van der Waals surface area contributed by atoms with Crippen molar-refractivity contribution in [1.82, 2.24) is 10.2 Å². The molecule has 218 valence electrons. The second-order valence-corrected chi connectivity index (χ2v) is 14.5. The van der Waals surface area contributed by atoms with Crippen LogP contribution >= 0.6 is 0 Å². The minimum Gasteiger partial charge on any atom is -0.462 e. The topological polar surface area (TPSA) is 58.6 Å². The molecule has 1 aromatic rings. The molecule has 0 saturated heterocycles. The maximum Gasteiger partial charge on any atom is 0.302 e. The second kappa shape index (κ2) is 10.5. The Kier molecular flexibility index (Phi) is 7.61. The first kappa shape index (κ1) is 29.1. The number of ether oxygens (including phenoxy) is 1. The number of benzene rings is 1. The molecule has 1 aromatic carbocycles. The lowest BCUT2D eigenvalue weighted by Crippen LogP contribution is -2.51. The summed E-state index contributed by atoms with van der Waals surface area (Å²) < 4.78 is 6.10. The number of carbonyl (C=O) groups excluding carboxylic acids is 2. The van der Waals surface area contributed by atoms with Crippen LogP contribution in [0, 0.1) is 34.0 Å². The molecule has 0 radical (unpaired) electrons. The summed E-state index contributed by atoms with van der Waals surface area (Å²) >= 11 is 0. The fourth-order valence-electron chi connectivity index (χ4n) is 9.40. The number of nitrogens with one attached hydrogen (secondary N) is 1. The van der Waals surface area contributed by atoms with E-state index in [2.05, 4.69) is 71.1 Å². The highest BCUT2D eigenvalue weighted by atomic mass is 16.5. The number of fused-ring (bicyclic) bond motifs is 4. The molecule has 1 amide bonds. The summed E-state index contributed by atoms with van der Waals surface area (Å²) in [6, 6.07) is 10.0. The summed E-state index contributed by atoms with van der Waals surface area (Å²) in [5.74, 6) is 1.02. The summed E-state index contributed by atoms with van der Waals surface area (Å²) in [5.41, 5.74) is 3.84. The van der Waals surface area contributed by atoms with Crippen LogP contribution in [0.4, 0.5) is 0 Å². The van der Waals surface area contributed by atoms with Crippen molar-refractivity contribution in [1.29, 1.82) is 0 Å². The average molecular weight is 547 g/mol. The van der Waals surface area contributed by atoms with E-state index in [1.165, 1.54) is 5.57 Å². The second-order valence-electron chi connectivity index (χ2n) is 14.5. The van der Waals surface area contributed by atoms with Gasteiger partial charge in [0, 0.05) is 30.5 Å². The van der Waals surface area contributed by atoms with E-state index >= 15 is 0 Å². The van der Waals surface area contributed by atoms with Crippen LogP contribution in [0.25, 0.3) is 0 Å². The molecule has 5 heteroatoms. The largest absolute Gasteiger partial charge is 0.462 e. The van der Waals surface area contributed by atoms with E-state index in [1.54, 1.807) is 12.5 Å². The van der Waals surface area contributed by atoms with Crippen LogP contribution in [0.1, 0.15) is 90.4 Å². The van der Waals surface area contributed by atoms with Gasteiger partial charge in [0.15, 0.2) is 0 Å². The molecule has 2 saturated carbocycles. The van der Waals surface area contributed by atoms with E-state index in [1.807, 2.05) is 30.3 Å². The zero-order valence-electron chi connectivity index (χ0n) is 25.9. The molecule has 5 rings (SSSR count). The fourth-order valence-corrected chi connectivity index (χ4v) is 9.40. The van der Waals surface area contributed by atoms with Gasteiger partial charge in [0.25, 0.3) is 5.91 Å². The number of nitrogens with zero attached hydrogens (tertiary/aromatic N) is 1. The van der Waals surface area contributed by atoms with E-state index in [0.29, 0.717) is 17.9 Å². The molecule has 4 aliphatic rings. The molecule has 0 spiro atoms. The molecule has 0 bridgehead atoms. The van der Waals surface area contributed by atoms with Crippen molar-refractivity contribution in [3.63, 3.8) is 0 Å². The van der Waals surface area contributed by atoms with E-state index in [9.17, 15) is 9.59 Å². The molecule has 1 N–H and O–H groups in total. The average Bonchev–Trinajstić information content (AvgIpc) is 3.00. The van der Waals surface area contributed by atoms with Crippen molar-refractivity contribution in [3.05, 3.63) is 59.2 Å². The van der Waals surface area contributed by atoms with Gasteiger partial charge in [-0.25, -0.2) is 0 Å². The van der Waals surface area contributed by atoms with Gasteiger partial charge in [-0.2, -0.15) is 0 Å². The highest BCUT2D eigenvalue weighted by Crippen LogP contribution is 2.68. The molecule has 40 heavy (non-hydrogen) atoms. The standard InChI is InChI=1S/C35H50N2O3/c1-22(37(7)8)31-29(40-23(2)38)21-35(6)28-16-15-27-25(20-26(28)18-19-34(31,35)5)14-17-30(33(27,3)4)36-32(39)24-12-10-9-11-13-24/h9-13,18,20,22,27-31H,14-17,19,21H2,1-8H3,(H,36,39). The zero-order valence-corrected chi connectivity index (χ0v) is 25.9. The molecule has 0 aliphatic heterocycles. The van der Waals surface area contributed by atoms with Gasteiger partial charge in [-0.1, -0.05) is 63.6 Å². The van der Waals surface area contributed by atoms with E-state index < -0.39 is 0 Å². The van der Waals surface area contributed by atoms with Crippen LogP contribution in [0.5, 0.6) is 0 Å². The molecule has 5 nitrogen and oxygen atoms in total. The quantitative estimate of drug-likeness (QED) is 0.413. The first-order chi connectivity index (χ1) is 18.8. The maximum absolute atomic E-state index is 13.1. The smallest absolute Gasteiger partial charge is 0.302 e. The summed E-state index contributed by atoms with van der Waals surface area (Å²) in [4.78, 5) is 27.6. The number of rotatable bonds is 5. The Balaban J connectivity index is 1.42. The summed E-state index contributed by atoms with van der Waals surface area (Å²) in [7, 11) is 4.29. The van der Waals surface area contributed by atoms with Gasteiger partial charge in [0.2, 0.25) is 0 Å². The Morgan fingerprint density at radius 2 is 1.68 bits per heavy atom. The monoisotopic (exact) mass is 546 g/mol. The molecule has 0 heterocycles. The first-order valence-corrected chi connectivity index (χ1v) is 15.4. The summed E-state index contributed by atoms with van der Waals surface area (Å²) in [6.07, 6.45) is 11.2. The van der Waals surface area contributed by atoms with Crippen LogP contribution in [0.2, 0.25) is 0 Å². The van der Waals surface area contributed by atoms with Crippen molar-refractivity contribution < 1.29 is 14.3 Å². The third kappa shape index (κ3) is 4.66. The van der Waals surface area contributed by atoms with Crippen LogP contribution in [-0.2, 0) is 9.53 Å². The van der Waals surface area contributed by atoms with Crippen molar-refractivity contribution >= 4 is 11.9 Å². The molecule has 8 atom stereocenters. The molecular weight excluding hydrogens is 496 g/mol. The number of hydrogen-bond donors (Lipinski definition) is 1. The van der Waals surface area contributed by atoms with Crippen LogP contribution in [-0.4, -0.2) is 49.1 Å². The Morgan fingerprint density at radius 1 is 1.00 bits per heavy atom. The van der Waals surface area contributed by atoms with Crippen LogP contribution < -0.4 is 5.32 Å². The van der Waals surface area contributed by atoms with E-state index in [-0.39, 0.29) is 46.2 Å². The normalized spacial score (nSPS) is 37.2. The number of allylic oxidation sites excluding steroid dienone is 4. The SMILES string of the molecule is CC(=O)OC1CC2(C)C3CCC4C(=CC3=CCC2(C)C1C(C)N(C)C)CCC(NC(=O)c1ccccc1)C4(C)C. The lowest BCUT2D eigenvalue weighted by molar-refractivity contribution is -0.150. The number of hydrogen-bond acceptors (Lipinski definition) is 4. The summed E-state index contributed by atoms with van der Waals surface area (Å²) in [5, 5.41) is 3.41. The van der Waals surface area contributed by atoms with Gasteiger partial charge < -0.3 is 15.0 Å². The number of amides is 1. The Morgan fingerprint density at radius 3 is 2.33 bits per heavy atom. The lowest BCUT2D eigenvalue weighted by Gasteiger charge is -2.53. The minimum atomic E-state index is -0.167. The minimum absolute atomic E-state index is 0.0305. The molecule has 4 aliphatic carbocycles. The number of carbonyl (C=O) groups is 2. The Hall–Kier alpha value is -2.40. The molecule has 8 unspecified atom stereocenters. The molecular formula is C35H50N2O3. The fraction of sp³-hybridized carbons (Fsp3) is 0.657. The lowest BCUT2D eigenvalue weighted by atomic mass is 9.51. The maximum atomic E-state index is 13.1. The Bertz CT molecular complexity index is 1200. The van der Waals surface area contributed by atoms with E-state index in [0.717, 1.165) is 44.1 Å². The van der Waals surface area contributed by atoms with Crippen molar-refractivity contribution in [2.75, 3.05) is 14.1 Å². The van der Waals surface area contributed by atoms with Gasteiger partial charge >= 0.3 is 5.97 Å². The van der Waals surface area contributed by atoms with Gasteiger partial charge in [-0.15, -0.1) is 0 Å².